The van der Waals surface area contributed by atoms with Gasteiger partial charge in [-0.2, -0.15) is 0 Å². The van der Waals surface area contributed by atoms with Gasteiger partial charge in [0.2, 0.25) is 0 Å². The second kappa shape index (κ2) is 6.10. The van der Waals surface area contributed by atoms with Crippen LogP contribution in [0, 0.1) is 5.92 Å². The lowest BCUT2D eigenvalue weighted by Gasteiger charge is -2.32. The van der Waals surface area contributed by atoms with Crippen molar-refractivity contribution in [1.29, 1.82) is 0 Å². The summed E-state index contributed by atoms with van der Waals surface area (Å²) in [6.45, 7) is 4.75. The van der Waals surface area contributed by atoms with Crippen LogP contribution in [0.15, 0.2) is 17.9 Å². The fraction of sp³-hybridized carbons (Fsp3) is 0.625. The second-order valence-electron chi connectivity index (χ2n) is 6.42. The van der Waals surface area contributed by atoms with Crippen LogP contribution in [-0.2, 0) is 24.4 Å². The van der Waals surface area contributed by atoms with Crippen molar-refractivity contribution in [3.8, 4) is 0 Å². The minimum absolute atomic E-state index is 0.412. The molecule has 1 fully saturated rings. The Morgan fingerprint density at radius 2 is 2.27 bits per heavy atom. The molecule has 0 spiro atoms. The van der Waals surface area contributed by atoms with Gasteiger partial charge in [-0.25, -0.2) is 9.97 Å². The molecule has 22 heavy (non-hydrogen) atoms. The largest absolute Gasteiger partial charge is 0.384 e. The van der Waals surface area contributed by atoms with Crippen molar-refractivity contribution in [3.05, 3.63) is 34.3 Å². The van der Waals surface area contributed by atoms with Gasteiger partial charge in [-0.15, -0.1) is 11.3 Å². The van der Waals surface area contributed by atoms with Gasteiger partial charge in [0, 0.05) is 49.9 Å². The highest BCUT2D eigenvalue weighted by Gasteiger charge is 2.32. The van der Waals surface area contributed by atoms with E-state index in [1.807, 2.05) is 17.9 Å². The molecule has 0 bridgehead atoms. The van der Waals surface area contributed by atoms with Crippen LogP contribution >= 0.6 is 11.3 Å². The van der Waals surface area contributed by atoms with Gasteiger partial charge in [0.1, 0.15) is 5.01 Å². The highest BCUT2D eigenvalue weighted by molar-refractivity contribution is 7.09. The zero-order valence-corrected chi connectivity index (χ0v) is 13.8. The van der Waals surface area contributed by atoms with E-state index in [4.69, 9.17) is 9.72 Å². The normalized spacial score (nSPS) is 22.0. The van der Waals surface area contributed by atoms with Gasteiger partial charge < -0.3 is 9.30 Å². The third kappa shape index (κ3) is 2.95. The fourth-order valence-corrected chi connectivity index (χ4v) is 4.06. The summed E-state index contributed by atoms with van der Waals surface area (Å²) < 4.78 is 7.87. The number of ether oxygens (including phenoxy) is 1. The molecule has 0 amide bonds. The fourth-order valence-electron chi connectivity index (χ4n) is 3.40. The summed E-state index contributed by atoms with van der Waals surface area (Å²) in [4.78, 5) is 11.6. The lowest BCUT2D eigenvalue weighted by Crippen LogP contribution is -2.36. The molecule has 0 unspecified atom stereocenters. The summed E-state index contributed by atoms with van der Waals surface area (Å²) >= 11 is 1.72. The van der Waals surface area contributed by atoms with Gasteiger partial charge in [0.25, 0.3) is 0 Å². The molecular weight excluding hydrogens is 296 g/mol. The van der Waals surface area contributed by atoms with E-state index in [9.17, 15) is 0 Å². The third-order valence-corrected chi connectivity index (χ3v) is 5.32. The minimum Gasteiger partial charge on any atom is -0.384 e. The highest BCUT2D eigenvalue weighted by atomic mass is 32.1. The predicted molar refractivity (Wildman–Crippen MR) is 85.8 cm³/mol. The van der Waals surface area contributed by atoms with Crippen LogP contribution in [0.25, 0.3) is 0 Å². The lowest BCUT2D eigenvalue weighted by atomic mass is 9.99. The maximum Gasteiger partial charge on any atom is 0.107 e. The van der Waals surface area contributed by atoms with Crippen LogP contribution in [-0.4, -0.2) is 39.7 Å². The molecule has 1 atom stereocenters. The van der Waals surface area contributed by atoms with Crippen molar-refractivity contribution < 1.29 is 4.74 Å². The van der Waals surface area contributed by atoms with Crippen molar-refractivity contribution in [2.24, 2.45) is 5.92 Å². The zero-order chi connectivity index (χ0) is 14.9. The summed E-state index contributed by atoms with van der Waals surface area (Å²) in [6, 6.07) is 0. The number of rotatable bonds is 6. The number of methoxy groups -OCH3 is 1. The molecule has 1 aliphatic heterocycles. The van der Waals surface area contributed by atoms with Gasteiger partial charge in [-0.1, -0.05) is 0 Å². The van der Waals surface area contributed by atoms with E-state index < -0.39 is 0 Å². The van der Waals surface area contributed by atoms with Crippen molar-refractivity contribution >= 4 is 11.3 Å². The number of aromatic nitrogens is 3. The second-order valence-corrected chi connectivity index (χ2v) is 7.40. The van der Waals surface area contributed by atoms with E-state index in [0.29, 0.717) is 5.92 Å². The molecule has 2 aromatic heterocycles. The molecule has 0 radical (unpaired) electrons. The number of hydrogen-bond donors (Lipinski definition) is 0. The Bertz CT molecular complexity index is 620. The first-order valence-electron chi connectivity index (χ1n) is 7.97. The first-order chi connectivity index (χ1) is 10.8. The van der Waals surface area contributed by atoms with Crippen LogP contribution in [0.5, 0.6) is 0 Å². The maximum atomic E-state index is 5.49. The molecule has 2 aromatic rings. The number of fused-ring (bicyclic) bond motifs is 1. The summed E-state index contributed by atoms with van der Waals surface area (Å²) in [5, 5.41) is 3.22. The first kappa shape index (κ1) is 14.4. The van der Waals surface area contributed by atoms with E-state index in [2.05, 4.69) is 14.5 Å². The number of imidazole rings is 1. The van der Waals surface area contributed by atoms with Crippen LogP contribution in [0.4, 0.5) is 0 Å². The number of nitrogens with zero attached hydrogens (tertiary/aromatic N) is 4. The molecule has 0 N–H and O–H groups in total. The van der Waals surface area contributed by atoms with E-state index in [0.717, 1.165) is 38.7 Å². The predicted octanol–water partition coefficient (Wildman–Crippen LogP) is 2.50. The highest BCUT2D eigenvalue weighted by Crippen LogP contribution is 2.34. The summed E-state index contributed by atoms with van der Waals surface area (Å²) in [5.41, 5.74) is 2.63. The minimum atomic E-state index is 0.412. The Hall–Kier alpha value is -1.24. The Morgan fingerprint density at radius 3 is 3.00 bits per heavy atom. The monoisotopic (exact) mass is 318 g/mol. The molecule has 0 saturated heterocycles. The summed E-state index contributed by atoms with van der Waals surface area (Å²) in [6.07, 6.45) is 6.67. The molecule has 3 heterocycles. The Morgan fingerprint density at radius 1 is 1.36 bits per heavy atom. The number of hydrogen-bond acceptors (Lipinski definition) is 5. The summed E-state index contributed by atoms with van der Waals surface area (Å²) in [7, 11) is 1.79. The SMILES string of the molecule is COC[C@@H]1CN(Cc2nccs2)Cc2ncn(CC3CC3)c21. The van der Waals surface area contributed by atoms with Crippen molar-refractivity contribution in [2.75, 3.05) is 20.3 Å². The molecule has 1 saturated carbocycles. The quantitative estimate of drug-likeness (QED) is 0.821. The lowest BCUT2D eigenvalue weighted by molar-refractivity contribution is 0.131. The molecule has 1 aliphatic carbocycles. The van der Waals surface area contributed by atoms with E-state index in [-0.39, 0.29) is 0 Å². The van der Waals surface area contributed by atoms with E-state index >= 15 is 0 Å². The molecule has 2 aliphatic rings. The molecule has 5 nitrogen and oxygen atoms in total. The molecular formula is C16H22N4OS. The Balaban J connectivity index is 1.55. The van der Waals surface area contributed by atoms with Crippen LogP contribution in [0.2, 0.25) is 0 Å². The average Bonchev–Trinajstić information content (AvgIpc) is 3.00. The van der Waals surface area contributed by atoms with Gasteiger partial charge in [-0.05, 0) is 18.8 Å². The molecule has 118 valence electrons. The zero-order valence-electron chi connectivity index (χ0n) is 12.9. The van der Waals surface area contributed by atoms with Crippen LogP contribution in [0.3, 0.4) is 0 Å². The van der Waals surface area contributed by atoms with E-state index in [1.54, 1.807) is 18.4 Å². The maximum absolute atomic E-state index is 5.49. The Kier molecular flexibility index (Phi) is 3.98. The Labute approximate surface area is 134 Å². The topological polar surface area (TPSA) is 43.2 Å². The van der Waals surface area contributed by atoms with Crippen LogP contribution < -0.4 is 0 Å². The van der Waals surface area contributed by atoms with Gasteiger partial charge >= 0.3 is 0 Å². The first-order valence-corrected chi connectivity index (χ1v) is 8.85. The van der Waals surface area contributed by atoms with Crippen molar-refractivity contribution in [3.63, 3.8) is 0 Å². The van der Waals surface area contributed by atoms with Crippen molar-refractivity contribution in [1.82, 2.24) is 19.4 Å². The number of thiazole rings is 1. The third-order valence-electron chi connectivity index (χ3n) is 4.56. The smallest absolute Gasteiger partial charge is 0.107 e. The van der Waals surface area contributed by atoms with Crippen LogP contribution in [0.1, 0.15) is 35.2 Å². The molecule has 4 rings (SSSR count). The summed E-state index contributed by atoms with van der Waals surface area (Å²) in [5.74, 6) is 1.28. The average molecular weight is 318 g/mol. The van der Waals surface area contributed by atoms with Gasteiger partial charge in [0.05, 0.1) is 25.2 Å². The standard InChI is InChI=1S/C16H22N4OS/c1-21-10-13-7-19(9-15-17-4-5-22-15)8-14-16(13)20(11-18-14)6-12-2-3-12/h4-5,11-13H,2-3,6-10H2,1H3/t13-/m0/s1. The van der Waals surface area contributed by atoms with E-state index in [1.165, 1.54) is 29.2 Å². The van der Waals surface area contributed by atoms with Gasteiger partial charge in [0.15, 0.2) is 0 Å². The van der Waals surface area contributed by atoms with Gasteiger partial charge in [-0.3, -0.25) is 4.90 Å². The molecule has 0 aromatic carbocycles. The van der Waals surface area contributed by atoms with Crippen molar-refractivity contribution in [2.45, 2.75) is 38.4 Å². The molecule has 6 heteroatoms.